The van der Waals surface area contributed by atoms with Gasteiger partial charge >= 0.3 is 5.97 Å². The number of hydrogen-bond donors (Lipinski definition) is 2. The highest BCUT2D eigenvalue weighted by Gasteiger charge is 2.29. The summed E-state index contributed by atoms with van der Waals surface area (Å²) in [6.45, 7) is 8.04. The van der Waals surface area contributed by atoms with Gasteiger partial charge in [-0.05, 0) is 123 Å². The number of halogens is 1. The van der Waals surface area contributed by atoms with E-state index in [0.717, 1.165) is 83.5 Å². The van der Waals surface area contributed by atoms with Crippen LogP contribution in [-0.4, -0.2) is 58.2 Å². The van der Waals surface area contributed by atoms with Gasteiger partial charge in [0.1, 0.15) is 42.6 Å². The fourth-order valence-electron chi connectivity index (χ4n) is 7.05. The number of likely N-dealkylation sites (tertiary alicyclic amines) is 1. The van der Waals surface area contributed by atoms with E-state index in [1.807, 2.05) is 53.7 Å². The fourth-order valence-corrected chi connectivity index (χ4v) is 7.29. The van der Waals surface area contributed by atoms with Crippen molar-refractivity contribution >= 4 is 17.6 Å². The number of hydrogen-bond acceptors (Lipinski definition) is 9. The second kappa shape index (κ2) is 19.9. The minimum Gasteiger partial charge on any atom is -0.493 e. The minimum absolute atomic E-state index is 0.159. The van der Waals surface area contributed by atoms with Gasteiger partial charge in [-0.25, -0.2) is 0 Å². The van der Waals surface area contributed by atoms with Gasteiger partial charge in [0.05, 0.1) is 17.2 Å². The largest absolute Gasteiger partial charge is 0.493 e. The smallest absolute Gasteiger partial charge is 0.320 e. The minimum atomic E-state index is -0.832. The van der Waals surface area contributed by atoms with Crippen molar-refractivity contribution < 1.29 is 24.1 Å². The molecule has 0 amide bonds. The highest BCUT2D eigenvalue weighted by Crippen LogP contribution is 2.37. The molecule has 56 heavy (non-hydrogen) atoms. The van der Waals surface area contributed by atoms with Crippen LogP contribution in [0, 0.1) is 25.2 Å². The van der Waals surface area contributed by atoms with Crippen LogP contribution in [0.3, 0.4) is 0 Å². The Hall–Kier alpha value is -5.47. The van der Waals surface area contributed by atoms with E-state index in [-0.39, 0.29) is 13.2 Å². The average molecular weight is 774 g/mol. The van der Waals surface area contributed by atoms with Crippen LogP contribution in [-0.2, 0) is 31.0 Å². The number of nitrogens with one attached hydrogen (secondary N) is 1. The lowest BCUT2D eigenvalue weighted by Gasteiger charge is -2.33. The van der Waals surface area contributed by atoms with Crippen molar-refractivity contribution in [3.63, 3.8) is 0 Å². The normalized spacial score (nSPS) is 14.2. The molecule has 1 aliphatic rings. The molecule has 0 unspecified atom stereocenters. The van der Waals surface area contributed by atoms with Crippen LogP contribution in [0.15, 0.2) is 91.5 Å². The van der Waals surface area contributed by atoms with Gasteiger partial charge in [0.25, 0.3) is 0 Å². The average Bonchev–Trinajstić information content (AvgIpc) is 3.21. The predicted molar refractivity (Wildman–Crippen MR) is 217 cm³/mol. The Morgan fingerprint density at radius 2 is 1.66 bits per heavy atom. The van der Waals surface area contributed by atoms with E-state index in [0.29, 0.717) is 48.2 Å². The maximum absolute atomic E-state index is 12.1. The number of benzene rings is 3. The van der Waals surface area contributed by atoms with Crippen LogP contribution in [0.5, 0.6) is 17.2 Å². The molecule has 290 valence electrons. The summed E-state index contributed by atoms with van der Waals surface area (Å²) < 4.78 is 19.0. The Balaban J connectivity index is 1.13. The molecule has 10 nitrogen and oxygen atoms in total. The highest BCUT2D eigenvalue weighted by molar-refractivity contribution is 6.32. The zero-order chi connectivity index (χ0) is 39.3. The third-order valence-electron chi connectivity index (χ3n) is 10.2. The van der Waals surface area contributed by atoms with Crippen molar-refractivity contribution in [1.29, 1.82) is 5.26 Å². The van der Waals surface area contributed by atoms with Crippen LogP contribution in [0.1, 0.15) is 64.6 Å². The van der Waals surface area contributed by atoms with E-state index >= 15 is 0 Å². The Morgan fingerprint density at radius 3 is 2.46 bits per heavy atom. The number of aliphatic carboxylic acids is 1. The van der Waals surface area contributed by atoms with Crippen molar-refractivity contribution in [2.45, 2.75) is 71.8 Å². The Kier molecular flexibility index (Phi) is 14.3. The number of rotatable bonds is 18. The first-order chi connectivity index (χ1) is 27.3. The van der Waals surface area contributed by atoms with Gasteiger partial charge < -0.3 is 24.6 Å². The molecule has 5 aromatic rings. The molecule has 6 rings (SSSR count). The molecule has 3 aromatic carbocycles. The number of ether oxygens (including phenoxy) is 3. The number of nitriles is 1. The van der Waals surface area contributed by atoms with Gasteiger partial charge in [-0.2, -0.15) is 5.26 Å². The Morgan fingerprint density at radius 1 is 0.875 bits per heavy atom. The predicted octanol–water partition coefficient (Wildman–Crippen LogP) is 8.48. The molecule has 0 bridgehead atoms. The number of piperidine rings is 1. The molecule has 1 aliphatic heterocycles. The second-order valence-corrected chi connectivity index (χ2v) is 14.5. The van der Waals surface area contributed by atoms with E-state index < -0.39 is 12.0 Å². The van der Waals surface area contributed by atoms with E-state index in [1.54, 1.807) is 24.4 Å². The first kappa shape index (κ1) is 40.2. The van der Waals surface area contributed by atoms with Gasteiger partial charge in [0.15, 0.2) is 0 Å². The maximum Gasteiger partial charge on any atom is 0.320 e. The molecule has 2 N–H and O–H groups in total. The molecular formula is C45H48ClN5O5. The van der Waals surface area contributed by atoms with Crippen LogP contribution < -0.4 is 19.5 Å². The van der Waals surface area contributed by atoms with Crippen molar-refractivity contribution in [2.24, 2.45) is 0 Å². The molecular weight excluding hydrogens is 726 g/mol. The summed E-state index contributed by atoms with van der Waals surface area (Å²) in [5.41, 5.74) is 8.57. The van der Waals surface area contributed by atoms with Crippen molar-refractivity contribution in [2.75, 3.05) is 26.2 Å². The van der Waals surface area contributed by atoms with E-state index in [2.05, 4.69) is 47.3 Å². The third-order valence-corrected chi connectivity index (χ3v) is 10.5. The van der Waals surface area contributed by atoms with Crippen LogP contribution in [0.4, 0.5) is 0 Å². The number of aromatic nitrogens is 2. The van der Waals surface area contributed by atoms with Crippen LogP contribution in [0.2, 0.25) is 5.02 Å². The summed E-state index contributed by atoms with van der Waals surface area (Å²) in [5.74, 6) is 1.02. The molecule has 0 saturated carbocycles. The summed E-state index contributed by atoms with van der Waals surface area (Å²) in [5, 5.41) is 23.2. The third kappa shape index (κ3) is 10.6. The highest BCUT2D eigenvalue weighted by atomic mass is 35.5. The topological polar surface area (TPSA) is 130 Å². The van der Waals surface area contributed by atoms with E-state index in [9.17, 15) is 15.2 Å². The van der Waals surface area contributed by atoms with Crippen LogP contribution >= 0.6 is 11.6 Å². The fraction of sp³-hybridized carbons (Fsp3) is 0.333. The quantitative estimate of drug-likeness (QED) is 0.0837. The molecule has 1 saturated heterocycles. The zero-order valence-corrected chi connectivity index (χ0v) is 32.7. The summed E-state index contributed by atoms with van der Waals surface area (Å²) >= 11 is 6.87. The summed E-state index contributed by atoms with van der Waals surface area (Å²) in [7, 11) is 0. The lowest BCUT2D eigenvalue weighted by atomic mass is 9.93. The first-order valence-corrected chi connectivity index (χ1v) is 19.5. The number of carboxylic acid groups (broad SMARTS) is 1. The zero-order valence-electron chi connectivity index (χ0n) is 32.0. The van der Waals surface area contributed by atoms with Gasteiger partial charge in [-0.3, -0.25) is 19.7 Å². The number of pyridine rings is 2. The van der Waals surface area contributed by atoms with Crippen molar-refractivity contribution in [1.82, 2.24) is 20.2 Å². The monoisotopic (exact) mass is 773 g/mol. The maximum atomic E-state index is 12.1. The van der Waals surface area contributed by atoms with E-state index in [1.165, 1.54) is 11.8 Å². The molecule has 2 aromatic heterocycles. The van der Waals surface area contributed by atoms with Gasteiger partial charge in [0.2, 0.25) is 0 Å². The summed E-state index contributed by atoms with van der Waals surface area (Å²) in [4.78, 5) is 22.3. The molecule has 1 fully saturated rings. The Labute approximate surface area is 334 Å². The van der Waals surface area contributed by atoms with Gasteiger partial charge in [-0.1, -0.05) is 48.4 Å². The number of carbonyl (C=O) groups is 1. The van der Waals surface area contributed by atoms with Crippen molar-refractivity contribution in [3.05, 3.63) is 135 Å². The standard InChI is InChI=1S/C45H48ClN5O5/c1-31-36(8-5-9-38(31)39-10-6-12-42(32(39)2)54-21-7-16-48-17-13-33-14-18-49-19-15-33)30-56-44-24-43(55-29-35-22-34(25-47)26-50-27-35)37(23-40(44)46)28-51-20-4-3-11-41(51)45(52)53/h5-6,8-10,12,14-15,18-19,22-24,26-27,41,48H,3-4,7,11,13,16-17,20-21,28-30H2,1-2H3,(H,52,53)/t41-/m0/s1. The second-order valence-electron chi connectivity index (χ2n) is 14.1. The number of nitrogens with zero attached hydrogens (tertiary/aromatic N) is 4. The van der Waals surface area contributed by atoms with Gasteiger partial charge in [-0.15, -0.1) is 0 Å². The molecule has 11 heteroatoms. The molecule has 0 radical (unpaired) electrons. The van der Waals surface area contributed by atoms with Crippen molar-refractivity contribution in [3.8, 4) is 34.4 Å². The van der Waals surface area contributed by atoms with Crippen LogP contribution in [0.25, 0.3) is 11.1 Å². The molecule has 3 heterocycles. The Bertz CT molecular complexity index is 2140. The first-order valence-electron chi connectivity index (χ1n) is 19.1. The molecule has 0 aliphatic carbocycles. The lowest BCUT2D eigenvalue weighted by molar-refractivity contribution is -0.144. The number of carboxylic acids is 1. The molecule has 1 atom stereocenters. The van der Waals surface area contributed by atoms with E-state index in [4.69, 9.17) is 25.8 Å². The SMILES string of the molecule is Cc1c(COc2cc(OCc3cncc(C#N)c3)c(CN3CCCC[C@H]3C(=O)O)cc2Cl)cccc1-c1cccc(OCCCNCCc2ccncc2)c1C. The summed E-state index contributed by atoms with van der Waals surface area (Å²) in [6.07, 6.45) is 11.1. The van der Waals surface area contributed by atoms with Gasteiger partial charge in [0, 0.05) is 48.5 Å². The summed E-state index contributed by atoms with van der Waals surface area (Å²) in [6, 6.07) is 23.3. The lowest BCUT2D eigenvalue weighted by Crippen LogP contribution is -2.44. The molecule has 0 spiro atoms.